The highest BCUT2D eigenvalue weighted by Gasteiger charge is 2.04. The number of benzene rings is 1. The van der Waals surface area contributed by atoms with E-state index in [0.29, 0.717) is 0 Å². The standard InChI is InChI=1S/C10H14N2/c1-3-12-8(2)9-6-4-5-7-10(9)11/h3-8H,11H2,1-2H3. The first-order valence-electron chi connectivity index (χ1n) is 4.08. The first kappa shape index (κ1) is 8.78. The van der Waals surface area contributed by atoms with Crippen LogP contribution in [0.1, 0.15) is 25.5 Å². The lowest BCUT2D eigenvalue weighted by Gasteiger charge is -2.08. The molecule has 0 saturated carbocycles. The minimum Gasteiger partial charge on any atom is -0.398 e. The number of aliphatic imine (C=N–C) groups is 1. The number of anilines is 1. The molecule has 0 aromatic heterocycles. The molecule has 0 saturated heterocycles. The van der Waals surface area contributed by atoms with Crippen molar-refractivity contribution in [1.82, 2.24) is 0 Å². The molecular weight excluding hydrogens is 148 g/mol. The highest BCUT2D eigenvalue weighted by Crippen LogP contribution is 2.21. The average molecular weight is 162 g/mol. The minimum absolute atomic E-state index is 0.163. The summed E-state index contributed by atoms with van der Waals surface area (Å²) in [6.45, 7) is 3.95. The lowest BCUT2D eigenvalue weighted by atomic mass is 10.1. The topological polar surface area (TPSA) is 38.4 Å². The second-order valence-corrected chi connectivity index (χ2v) is 2.71. The zero-order valence-corrected chi connectivity index (χ0v) is 7.49. The molecule has 0 aliphatic carbocycles. The number of hydrogen-bond donors (Lipinski definition) is 1. The van der Waals surface area contributed by atoms with E-state index in [0.717, 1.165) is 11.3 Å². The maximum atomic E-state index is 5.78. The smallest absolute Gasteiger partial charge is 0.0736 e. The Morgan fingerprint density at radius 2 is 2.08 bits per heavy atom. The van der Waals surface area contributed by atoms with E-state index in [9.17, 15) is 0 Å². The maximum absolute atomic E-state index is 5.78. The predicted octanol–water partition coefficient (Wildman–Crippen LogP) is 2.42. The van der Waals surface area contributed by atoms with Gasteiger partial charge in [-0.3, -0.25) is 4.99 Å². The Hall–Kier alpha value is -1.31. The summed E-state index contributed by atoms with van der Waals surface area (Å²) in [5, 5.41) is 0. The zero-order chi connectivity index (χ0) is 8.97. The normalized spacial score (nSPS) is 13.5. The molecule has 1 unspecified atom stereocenters. The van der Waals surface area contributed by atoms with Gasteiger partial charge in [0.15, 0.2) is 0 Å². The van der Waals surface area contributed by atoms with Crippen LogP contribution in [-0.2, 0) is 0 Å². The molecule has 12 heavy (non-hydrogen) atoms. The SMILES string of the molecule is CC=NC(C)c1ccccc1N. The monoisotopic (exact) mass is 162 g/mol. The summed E-state index contributed by atoms with van der Waals surface area (Å²) in [5.74, 6) is 0. The molecule has 0 fully saturated rings. The lowest BCUT2D eigenvalue weighted by molar-refractivity contribution is 0.827. The minimum atomic E-state index is 0.163. The molecule has 1 atom stereocenters. The Balaban J connectivity index is 2.94. The summed E-state index contributed by atoms with van der Waals surface area (Å²) < 4.78 is 0. The van der Waals surface area contributed by atoms with Crippen LogP contribution in [0, 0.1) is 0 Å². The summed E-state index contributed by atoms with van der Waals surface area (Å²) >= 11 is 0. The Labute approximate surface area is 73.1 Å². The molecule has 0 spiro atoms. The second kappa shape index (κ2) is 3.90. The van der Waals surface area contributed by atoms with Gasteiger partial charge in [-0.1, -0.05) is 18.2 Å². The maximum Gasteiger partial charge on any atom is 0.0736 e. The van der Waals surface area contributed by atoms with Crippen molar-refractivity contribution < 1.29 is 0 Å². The van der Waals surface area contributed by atoms with Gasteiger partial charge in [-0.15, -0.1) is 0 Å². The largest absolute Gasteiger partial charge is 0.398 e. The van der Waals surface area contributed by atoms with Crippen molar-refractivity contribution in [3.8, 4) is 0 Å². The van der Waals surface area contributed by atoms with Crippen LogP contribution in [0.4, 0.5) is 5.69 Å². The first-order valence-corrected chi connectivity index (χ1v) is 4.08. The van der Waals surface area contributed by atoms with Gasteiger partial charge >= 0.3 is 0 Å². The summed E-state index contributed by atoms with van der Waals surface area (Å²) in [6, 6.07) is 7.98. The molecule has 2 nitrogen and oxygen atoms in total. The molecule has 0 aliphatic rings. The third kappa shape index (κ3) is 1.84. The summed E-state index contributed by atoms with van der Waals surface area (Å²) in [5.41, 5.74) is 7.69. The summed E-state index contributed by atoms with van der Waals surface area (Å²) in [7, 11) is 0. The number of hydrogen-bond acceptors (Lipinski definition) is 2. The molecule has 0 aliphatic heterocycles. The van der Waals surface area contributed by atoms with Crippen molar-refractivity contribution in [2.75, 3.05) is 5.73 Å². The Morgan fingerprint density at radius 1 is 1.42 bits per heavy atom. The highest BCUT2D eigenvalue weighted by molar-refractivity contribution is 5.55. The molecule has 2 N–H and O–H groups in total. The lowest BCUT2D eigenvalue weighted by Crippen LogP contribution is -1.96. The van der Waals surface area contributed by atoms with Crippen molar-refractivity contribution in [1.29, 1.82) is 0 Å². The molecule has 0 amide bonds. The van der Waals surface area contributed by atoms with Crippen molar-refractivity contribution in [2.24, 2.45) is 4.99 Å². The number of rotatable bonds is 2. The van der Waals surface area contributed by atoms with Gasteiger partial charge in [-0.2, -0.15) is 0 Å². The summed E-state index contributed by atoms with van der Waals surface area (Å²) in [6.07, 6.45) is 1.80. The van der Waals surface area contributed by atoms with E-state index in [2.05, 4.69) is 4.99 Å². The van der Waals surface area contributed by atoms with Gasteiger partial charge in [0.05, 0.1) is 6.04 Å². The molecular formula is C10H14N2. The number of para-hydroxylation sites is 1. The Morgan fingerprint density at radius 3 is 2.67 bits per heavy atom. The van der Waals surface area contributed by atoms with Crippen LogP contribution < -0.4 is 5.73 Å². The highest BCUT2D eigenvalue weighted by atomic mass is 14.8. The van der Waals surface area contributed by atoms with E-state index in [1.165, 1.54) is 0 Å². The Kier molecular flexibility index (Phi) is 2.86. The van der Waals surface area contributed by atoms with Crippen molar-refractivity contribution >= 4 is 11.9 Å². The van der Waals surface area contributed by atoms with E-state index in [1.54, 1.807) is 6.21 Å². The van der Waals surface area contributed by atoms with Crippen LogP contribution in [0.3, 0.4) is 0 Å². The third-order valence-corrected chi connectivity index (χ3v) is 1.82. The van der Waals surface area contributed by atoms with E-state index in [1.807, 2.05) is 38.1 Å². The fourth-order valence-electron chi connectivity index (χ4n) is 1.20. The number of nitrogen functional groups attached to an aromatic ring is 1. The van der Waals surface area contributed by atoms with E-state index < -0.39 is 0 Å². The van der Waals surface area contributed by atoms with Crippen LogP contribution >= 0.6 is 0 Å². The van der Waals surface area contributed by atoms with Gasteiger partial charge < -0.3 is 5.73 Å². The van der Waals surface area contributed by atoms with Gasteiger partial charge in [0, 0.05) is 5.69 Å². The van der Waals surface area contributed by atoms with Gasteiger partial charge in [-0.05, 0) is 31.7 Å². The van der Waals surface area contributed by atoms with E-state index in [4.69, 9.17) is 5.73 Å². The van der Waals surface area contributed by atoms with Crippen LogP contribution in [-0.4, -0.2) is 6.21 Å². The van der Waals surface area contributed by atoms with Crippen molar-refractivity contribution in [2.45, 2.75) is 19.9 Å². The molecule has 1 rings (SSSR count). The molecule has 1 aromatic rings. The van der Waals surface area contributed by atoms with Crippen molar-refractivity contribution in [3.63, 3.8) is 0 Å². The third-order valence-electron chi connectivity index (χ3n) is 1.82. The van der Waals surface area contributed by atoms with Gasteiger partial charge in [-0.25, -0.2) is 0 Å². The summed E-state index contributed by atoms with van der Waals surface area (Å²) in [4.78, 5) is 4.25. The fraction of sp³-hybridized carbons (Fsp3) is 0.300. The predicted molar refractivity (Wildman–Crippen MR) is 53.4 cm³/mol. The fourth-order valence-corrected chi connectivity index (χ4v) is 1.20. The first-order chi connectivity index (χ1) is 5.75. The molecule has 1 aromatic carbocycles. The van der Waals surface area contributed by atoms with Gasteiger partial charge in [0.1, 0.15) is 0 Å². The van der Waals surface area contributed by atoms with Crippen LogP contribution in [0.15, 0.2) is 29.3 Å². The molecule has 0 radical (unpaired) electrons. The molecule has 0 bridgehead atoms. The Bertz CT molecular complexity index is 279. The number of nitrogens with two attached hydrogens (primary N) is 1. The van der Waals surface area contributed by atoms with E-state index in [-0.39, 0.29) is 6.04 Å². The van der Waals surface area contributed by atoms with Crippen LogP contribution in [0.2, 0.25) is 0 Å². The van der Waals surface area contributed by atoms with E-state index >= 15 is 0 Å². The van der Waals surface area contributed by atoms with Gasteiger partial charge in [0.2, 0.25) is 0 Å². The quantitative estimate of drug-likeness (QED) is 0.526. The van der Waals surface area contributed by atoms with Crippen LogP contribution in [0.5, 0.6) is 0 Å². The average Bonchev–Trinajstić information content (AvgIpc) is 2.05. The second-order valence-electron chi connectivity index (χ2n) is 2.71. The van der Waals surface area contributed by atoms with Crippen molar-refractivity contribution in [3.05, 3.63) is 29.8 Å². The molecule has 2 heteroatoms. The number of nitrogens with zero attached hydrogens (tertiary/aromatic N) is 1. The van der Waals surface area contributed by atoms with Gasteiger partial charge in [0.25, 0.3) is 0 Å². The molecule has 0 heterocycles. The van der Waals surface area contributed by atoms with Crippen LogP contribution in [0.25, 0.3) is 0 Å². The molecule has 64 valence electrons. The zero-order valence-electron chi connectivity index (χ0n) is 7.49.